The summed E-state index contributed by atoms with van der Waals surface area (Å²) in [6, 6.07) is 9.57. The fourth-order valence-corrected chi connectivity index (χ4v) is 2.15. The first-order valence-electron chi connectivity index (χ1n) is 6.64. The van der Waals surface area contributed by atoms with Crippen molar-refractivity contribution in [3.8, 4) is 0 Å². The Labute approximate surface area is 133 Å². The van der Waals surface area contributed by atoms with Crippen molar-refractivity contribution < 1.29 is 4.79 Å². The third-order valence-corrected chi connectivity index (χ3v) is 3.33. The number of pyridine rings is 1. The Balaban J connectivity index is 2.18. The molecule has 21 heavy (non-hydrogen) atoms. The number of amides is 1. The lowest BCUT2D eigenvalue weighted by Gasteiger charge is -2.20. The van der Waals surface area contributed by atoms with Crippen LogP contribution in [0.3, 0.4) is 0 Å². The van der Waals surface area contributed by atoms with Gasteiger partial charge >= 0.3 is 0 Å². The van der Waals surface area contributed by atoms with Gasteiger partial charge < -0.3 is 10.6 Å². The number of para-hydroxylation sites is 1. The number of aromatic nitrogens is 1. The number of carbonyl (C=O) groups excluding carboxylic acids is 1. The number of nitrogens with one attached hydrogen (secondary N) is 2. The molecule has 0 atom stereocenters. The number of rotatable bonds is 3. The number of halogens is 1. The van der Waals surface area contributed by atoms with Gasteiger partial charge in [-0.15, -0.1) is 0 Å². The Hall–Kier alpha value is -1.88. The molecule has 0 radical (unpaired) electrons. The number of benzene rings is 1. The van der Waals surface area contributed by atoms with Crippen LogP contribution in [0.1, 0.15) is 31.1 Å². The third-order valence-electron chi connectivity index (χ3n) is 2.64. The molecule has 0 bridgehead atoms. The van der Waals surface area contributed by atoms with Gasteiger partial charge in [0.05, 0.1) is 23.1 Å². The number of hydrogen-bond donors (Lipinski definition) is 2. The summed E-state index contributed by atoms with van der Waals surface area (Å²) < 4.78 is 0.953. The average molecular weight is 348 g/mol. The van der Waals surface area contributed by atoms with E-state index >= 15 is 0 Å². The van der Waals surface area contributed by atoms with Crippen molar-refractivity contribution in [2.75, 3.05) is 5.32 Å². The zero-order chi connectivity index (χ0) is 15.5. The lowest BCUT2D eigenvalue weighted by atomic mass is 10.1. The second kappa shape index (κ2) is 6.26. The first-order valence-corrected chi connectivity index (χ1v) is 7.43. The lowest BCUT2D eigenvalue weighted by molar-refractivity contribution is 0.0919. The summed E-state index contributed by atoms with van der Waals surface area (Å²) in [6.07, 6.45) is 3.25. The van der Waals surface area contributed by atoms with Crippen molar-refractivity contribution in [1.82, 2.24) is 10.3 Å². The second-order valence-corrected chi connectivity index (χ2v) is 6.63. The molecule has 0 unspecified atom stereocenters. The van der Waals surface area contributed by atoms with Crippen molar-refractivity contribution in [2.24, 2.45) is 0 Å². The Morgan fingerprint density at radius 3 is 2.57 bits per heavy atom. The van der Waals surface area contributed by atoms with Gasteiger partial charge in [-0.3, -0.25) is 9.78 Å². The molecule has 0 fully saturated rings. The maximum Gasteiger partial charge on any atom is 0.253 e. The zero-order valence-corrected chi connectivity index (χ0v) is 13.9. The first-order chi connectivity index (χ1) is 9.85. The Kier molecular flexibility index (Phi) is 4.63. The molecular weight excluding hydrogens is 330 g/mol. The van der Waals surface area contributed by atoms with Gasteiger partial charge in [0, 0.05) is 16.2 Å². The van der Waals surface area contributed by atoms with E-state index in [-0.39, 0.29) is 11.4 Å². The van der Waals surface area contributed by atoms with Crippen molar-refractivity contribution in [2.45, 2.75) is 26.3 Å². The van der Waals surface area contributed by atoms with Crippen molar-refractivity contribution >= 4 is 33.2 Å². The number of nitrogens with zero attached hydrogens (tertiary/aromatic N) is 1. The quantitative estimate of drug-likeness (QED) is 0.878. The van der Waals surface area contributed by atoms with Gasteiger partial charge in [0.2, 0.25) is 0 Å². The normalized spacial score (nSPS) is 11.0. The molecular formula is C16H18BrN3O. The summed E-state index contributed by atoms with van der Waals surface area (Å²) in [5.41, 5.74) is 1.95. The molecule has 4 nitrogen and oxygen atoms in total. The summed E-state index contributed by atoms with van der Waals surface area (Å²) in [6.45, 7) is 5.84. The van der Waals surface area contributed by atoms with E-state index in [2.05, 4.69) is 31.5 Å². The minimum Gasteiger partial charge on any atom is -0.353 e. The van der Waals surface area contributed by atoms with Crippen LogP contribution >= 0.6 is 15.9 Å². The molecule has 2 aromatic rings. The fraction of sp³-hybridized carbons (Fsp3) is 0.250. The van der Waals surface area contributed by atoms with E-state index in [0.29, 0.717) is 5.56 Å². The third kappa shape index (κ3) is 4.56. The molecule has 1 heterocycles. The summed E-state index contributed by atoms with van der Waals surface area (Å²) in [4.78, 5) is 16.3. The lowest BCUT2D eigenvalue weighted by Crippen LogP contribution is -2.40. The molecule has 0 aliphatic heterocycles. The van der Waals surface area contributed by atoms with E-state index in [0.717, 1.165) is 15.8 Å². The highest BCUT2D eigenvalue weighted by Crippen LogP contribution is 2.25. The highest BCUT2D eigenvalue weighted by atomic mass is 79.9. The molecule has 1 aromatic heterocycles. The smallest absolute Gasteiger partial charge is 0.253 e. The maximum atomic E-state index is 12.1. The van der Waals surface area contributed by atoms with E-state index < -0.39 is 0 Å². The topological polar surface area (TPSA) is 54.0 Å². The van der Waals surface area contributed by atoms with Crippen LogP contribution in [-0.2, 0) is 0 Å². The average Bonchev–Trinajstić information content (AvgIpc) is 2.40. The van der Waals surface area contributed by atoms with E-state index in [1.807, 2.05) is 45.0 Å². The molecule has 0 spiro atoms. The monoisotopic (exact) mass is 347 g/mol. The molecule has 2 N–H and O–H groups in total. The first kappa shape index (κ1) is 15.5. The highest BCUT2D eigenvalue weighted by Gasteiger charge is 2.15. The van der Waals surface area contributed by atoms with Crippen LogP contribution in [0, 0.1) is 0 Å². The molecule has 1 amide bonds. The SMILES string of the molecule is CC(C)(C)NC(=O)c1cncc(Nc2ccccc2Br)c1. The van der Waals surface area contributed by atoms with Crippen LogP contribution in [0.4, 0.5) is 11.4 Å². The largest absolute Gasteiger partial charge is 0.353 e. The second-order valence-electron chi connectivity index (χ2n) is 5.77. The van der Waals surface area contributed by atoms with Gasteiger partial charge in [0.25, 0.3) is 5.91 Å². The molecule has 0 saturated carbocycles. The minimum atomic E-state index is -0.275. The van der Waals surface area contributed by atoms with Crippen LogP contribution in [-0.4, -0.2) is 16.4 Å². The number of anilines is 2. The van der Waals surface area contributed by atoms with Crippen molar-refractivity contribution in [1.29, 1.82) is 0 Å². The number of hydrogen-bond acceptors (Lipinski definition) is 3. The van der Waals surface area contributed by atoms with Gasteiger partial charge in [-0.05, 0) is 54.9 Å². The molecule has 5 heteroatoms. The van der Waals surface area contributed by atoms with E-state index in [1.54, 1.807) is 18.5 Å². The zero-order valence-electron chi connectivity index (χ0n) is 12.3. The Morgan fingerprint density at radius 1 is 1.19 bits per heavy atom. The summed E-state index contributed by atoms with van der Waals surface area (Å²) >= 11 is 3.48. The Morgan fingerprint density at radius 2 is 1.90 bits per heavy atom. The molecule has 1 aromatic carbocycles. The van der Waals surface area contributed by atoms with E-state index in [1.165, 1.54) is 0 Å². The van der Waals surface area contributed by atoms with Gasteiger partial charge in [-0.2, -0.15) is 0 Å². The molecule has 0 aliphatic carbocycles. The van der Waals surface area contributed by atoms with Gasteiger partial charge in [-0.25, -0.2) is 0 Å². The minimum absolute atomic E-state index is 0.134. The van der Waals surface area contributed by atoms with E-state index in [9.17, 15) is 4.79 Å². The number of carbonyl (C=O) groups is 1. The highest BCUT2D eigenvalue weighted by molar-refractivity contribution is 9.10. The summed E-state index contributed by atoms with van der Waals surface area (Å²) in [7, 11) is 0. The predicted octanol–water partition coefficient (Wildman–Crippen LogP) is 4.12. The predicted molar refractivity (Wildman–Crippen MR) is 88.9 cm³/mol. The van der Waals surface area contributed by atoms with Crippen molar-refractivity contribution in [3.63, 3.8) is 0 Å². The van der Waals surface area contributed by atoms with Crippen LogP contribution in [0.15, 0.2) is 47.2 Å². The summed E-state index contributed by atoms with van der Waals surface area (Å²) in [5, 5.41) is 6.16. The van der Waals surface area contributed by atoms with Crippen molar-refractivity contribution in [3.05, 3.63) is 52.8 Å². The van der Waals surface area contributed by atoms with Crippen LogP contribution in [0.5, 0.6) is 0 Å². The fourth-order valence-electron chi connectivity index (χ4n) is 1.76. The molecule has 2 rings (SSSR count). The molecule has 110 valence electrons. The molecule has 0 aliphatic rings. The Bertz CT molecular complexity index is 650. The standard InChI is InChI=1S/C16H18BrN3O/c1-16(2,3)20-15(21)11-8-12(10-18-9-11)19-14-7-5-4-6-13(14)17/h4-10,19H,1-3H3,(H,20,21). The molecule has 0 saturated heterocycles. The van der Waals surface area contributed by atoms with E-state index in [4.69, 9.17) is 0 Å². The van der Waals surface area contributed by atoms with Gasteiger partial charge in [0.1, 0.15) is 0 Å². The van der Waals surface area contributed by atoms with Gasteiger partial charge in [-0.1, -0.05) is 12.1 Å². The van der Waals surface area contributed by atoms with Gasteiger partial charge in [0.15, 0.2) is 0 Å². The van der Waals surface area contributed by atoms with Crippen LogP contribution < -0.4 is 10.6 Å². The maximum absolute atomic E-state index is 12.1. The van der Waals surface area contributed by atoms with Crippen LogP contribution in [0.2, 0.25) is 0 Å². The van der Waals surface area contributed by atoms with Crippen LogP contribution in [0.25, 0.3) is 0 Å². The summed E-state index contributed by atoms with van der Waals surface area (Å²) in [5.74, 6) is -0.134.